The average Bonchev–Trinajstić information content (AvgIpc) is 3.04. The normalized spacial score (nSPS) is 22.2. The summed E-state index contributed by atoms with van der Waals surface area (Å²) in [6, 6.07) is 2.74. The lowest BCUT2D eigenvalue weighted by molar-refractivity contribution is -0.132. The molecular weight excluding hydrogens is 392 g/mol. The number of nitrogens with zero attached hydrogens (tertiary/aromatic N) is 4. The quantitative estimate of drug-likeness (QED) is 0.783. The molecule has 3 atom stereocenters. The molecule has 0 radical (unpaired) electrons. The number of halogens is 2. The Balaban J connectivity index is 1.39. The zero-order valence-electron chi connectivity index (χ0n) is 16.8. The van der Waals surface area contributed by atoms with Crippen molar-refractivity contribution < 1.29 is 18.7 Å². The van der Waals surface area contributed by atoms with Crippen LogP contribution in [0.5, 0.6) is 0 Å². The van der Waals surface area contributed by atoms with Gasteiger partial charge in [0.15, 0.2) is 11.6 Å². The Kier molecular flexibility index (Phi) is 5.66. The molecule has 2 aliphatic rings. The summed E-state index contributed by atoms with van der Waals surface area (Å²) in [5.41, 5.74) is 8.22. The van der Waals surface area contributed by atoms with Crippen LogP contribution < -0.4 is 10.6 Å². The van der Waals surface area contributed by atoms with Crippen LogP contribution in [-0.4, -0.2) is 58.1 Å². The van der Waals surface area contributed by atoms with Crippen molar-refractivity contribution in [3.63, 3.8) is 0 Å². The van der Waals surface area contributed by atoms with Crippen molar-refractivity contribution in [3.8, 4) is 0 Å². The van der Waals surface area contributed by atoms with Gasteiger partial charge in [-0.2, -0.15) is 0 Å². The molecule has 4 rings (SSSR count). The van der Waals surface area contributed by atoms with Crippen LogP contribution in [0.2, 0.25) is 0 Å². The van der Waals surface area contributed by atoms with Crippen molar-refractivity contribution >= 4 is 11.7 Å². The molecule has 1 aromatic carbocycles. The summed E-state index contributed by atoms with van der Waals surface area (Å²) < 4.78 is 26.5. The van der Waals surface area contributed by atoms with E-state index < -0.39 is 23.8 Å². The SMILES string of the molecule is C[C@@H]1C[C@H](O)c2ncnc(N3CCN(C(=O)C(N)Cc4ccc(F)c(F)c4)CC3)c21. The number of aromatic nitrogens is 2. The Morgan fingerprint density at radius 2 is 1.97 bits per heavy atom. The molecule has 1 unspecified atom stereocenters. The van der Waals surface area contributed by atoms with Gasteiger partial charge >= 0.3 is 0 Å². The van der Waals surface area contributed by atoms with Gasteiger partial charge in [0.05, 0.1) is 17.8 Å². The highest BCUT2D eigenvalue weighted by Gasteiger charge is 2.34. The molecule has 30 heavy (non-hydrogen) atoms. The second-order valence-electron chi connectivity index (χ2n) is 8.02. The van der Waals surface area contributed by atoms with Gasteiger partial charge in [0.1, 0.15) is 12.1 Å². The molecule has 9 heteroatoms. The number of aliphatic hydroxyl groups excluding tert-OH is 1. The van der Waals surface area contributed by atoms with E-state index in [0.29, 0.717) is 43.9 Å². The fourth-order valence-electron chi connectivity index (χ4n) is 4.34. The van der Waals surface area contributed by atoms with Gasteiger partial charge in [-0.3, -0.25) is 4.79 Å². The lowest BCUT2D eigenvalue weighted by Gasteiger charge is -2.37. The third kappa shape index (κ3) is 3.87. The van der Waals surface area contributed by atoms with Gasteiger partial charge in [-0.15, -0.1) is 0 Å². The van der Waals surface area contributed by atoms with Gasteiger partial charge in [0.2, 0.25) is 5.91 Å². The molecule has 1 amide bonds. The van der Waals surface area contributed by atoms with E-state index in [1.54, 1.807) is 4.90 Å². The Bertz CT molecular complexity index is 949. The van der Waals surface area contributed by atoms with Crippen molar-refractivity contribution in [2.45, 2.75) is 37.8 Å². The molecule has 1 saturated heterocycles. The number of carbonyl (C=O) groups is 1. The van der Waals surface area contributed by atoms with Crippen LogP contribution in [-0.2, 0) is 11.2 Å². The van der Waals surface area contributed by atoms with Gasteiger partial charge in [0.25, 0.3) is 0 Å². The summed E-state index contributed by atoms with van der Waals surface area (Å²) in [6.07, 6.45) is 1.70. The van der Waals surface area contributed by atoms with Gasteiger partial charge in [-0.1, -0.05) is 13.0 Å². The van der Waals surface area contributed by atoms with Crippen LogP contribution in [0, 0.1) is 11.6 Å². The largest absolute Gasteiger partial charge is 0.387 e. The number of carbonyl (C=O) groups excluding carboxylic acids is 1. The number of aliphatic hydroxyl groups is 1. The maximum absolute atomic E-state index is 13.4. The molecule has 7 nitrogen and oxygen atoms in total. The number of anilines is 1. The lowest BCUT2D eigenvalue weighted by atomic mass is 10.0. The Hall–Kier alpha value is -2.65. The number of rotatable bonds is 4. The molecular formula is C21H25F2N5O2. The molecule has 160 valence electrons. The fraction of sp³-hybridized carbons (Fsp3) is 0.476. The molecule has 1 aliphatic heterocycles. The summed E-state index contributed by atoms with van der Waals surface area (Å²) in [4.78, 5) is 25.2. The lowest BCUT2D eigenvalue weighted by Crippen LogP contribution is -2.54. The van der Waals surface area contributed by atoms with Gasteiger partial charge in [-0.05, 0) is 36.5 Å². The molecule has 2 heterocycles. The Morgan fingerprint density at radius 1 is 1.23 bits per heavy atom. The predicted octanol–water partition coefficient (Wildman–Crippen LogP) is 1.51. The van der Waals surface area contributed by atoms with E-state index >= 15 is 0 Å². The van der Waals surface area contributed by atoms with Crippen molar-refractivity contribution in [1.29, 1.82) is 0 Å². The number of hydrogen-bond acceptors (Lipinski definition) is 6. The molecule has 0 bridgehead atoms. The monoisotopic (exact) mass is 417 g/mol. The van der Waals surface area contributed by atoms with Crippen LogP contribution in [0.4, 0.5) is 14.6 Å². The standard InChI is InChI=1S/C21H25F2N5O2/c1-12-8-17(29)19-18(12)20(26-11-25-19)27-4-6-28(7-5-27)21(30)16(24)10-13-2-3-14(22)15(23)9-13/h2-3,9,11-12,16-17,29H,4-8,10,24H2,1H3/t12-,16?,17+/m1/s1. The topological polar surface area (TPSA) is 95.6 Å². The molecule has 2 aromatic rings. The fourth-order valence-corrected chi connectivity index (χ4v) is 4.34. The maximum Gasteiger partial charge on any atom is 0.239 e. The van der Waals surface area contributed by atoms with E-state index in [1.807, 2.05) is 0 Å². The van der Waals surface area contributed by atoms with E-state index in [1.165, 1.54) is 12.4 Å². The van der Waals surface area contributed by atoms with Crippen LogP contribution in [0.1, 0.15) is 42.2 Å². The summed E-state index contributed by atoms with van der Waals surface area (Å²) in [5.74, 6) is -1.08. The first-order valence-electron chi connectivity index (χ1n) is 10.1. The number of hydrogen-bond donors (Lipinski definition) is 2. The van der Waals surface area contributed by atoms with Gasteiger partial charge in [0, 0.05) is 31.7 Å². The van der Waals surface area contributed by atoms with Crippen molar-refractivity contribution in [2.24, 2.45) is 5.73 Å². The van der Waals surface area contributed by atoms with Crippen molar-refractivity contribution in [3.05, 3.63) is 53.0 Å². The first-order valence-corrected chi connectivity index (χ1v) is 10.1. The van der Waals surface area contributed by atoms with Crippen LogP contribution in [0.25, 0.3) is 0 Å². The number of fused-ring (bicyclic) bond motifs is 1. The second kappa shape index (κ2) is 8.23. The van der Waals surface area contributed by atoms with Gasteiger partial charge in [-0.25, -0.2) is 18.7 Å². The number of piperazine rings is 1. The van der Waals surface area contributed by atoms with E-state index in [4.69, 9.17) is 5.73 Å². The molecule has 1 fully saturated rings. The van der Waals surface area contributed by atoms with E-state index in [0.717, 1.165) is 23.5 Å². The molecule has 1 aromatic heterocycles. The first kappa shape index (κ1) is 20.6. The Morgan fingerprint density at radius 3 is 2.67 bits per heavy atom. The summed E-state index contributed by atoms with van der Waals surface area (Å²) in [7, 11) is 0. The zero-order valence-corrected chi connectivity index (χ0v) is 16.8. The Labute approximate surface area is 173 Å². The maximum atomic E-state index is 13.4. The van der Waals surface area contributed by atoms with Crippen LogP contribution in [0.3, 0.4) is 0 Å². The van der Waals surface area contributed by atoms with Crippen LogP contribution >= 0.6 is 0 Å². The third-order valence-corrected chi connectivity index (χ3v) is 5.93. The van der Waals surface area contributed by atoms with E-state index in [-0.39, 0.29) is 18.2 Å². The summed E-state index contributed by atoms with van der Waals surface area (Å²) in [5, 5.41) is 10.2. The number of amides is 1. The highest BCUT2D eigenvalue weighted by molar-refractivity contribution is 5.82. The number of nitrogens with two attached hydrogens (primary N) is 1. The summed E-state index contributed by atoms with van der Waals surface area (Å²) >= 11 is 0. The highest BCUT2D eigenvalue weighted by atomic mass is 19.2. The predicted molar refractivity (Wildman–Crippen MR) is 107 cm³/mol. The van der Waals surface area contributed by atoms with E-state index in [2.05, 4.69) is 21.8 Å². The molecule has 0 spiro atoms. The highest BCUT2D eigenvalue weighted by Crippen LogP contribution is 2.42. The summed E-state index contributed by atoms with van der Waals surface area (Å²) in [6.45, 7) is 4.21. The van der Waals surface area contributed by atoms with Crippen molar-refractivity contribution in [1.82, 2.24) is 14.9 Å². The number of benzene rings is 1. The van der Waals surface area contributed by atoms with Crippen LogP contribution in [0.15, 0.2) is 24.5 Å². The minimum Gasteiger partial charge on any atom is -0.387 e. The third-order valence-electron chi connectivity index (χ3n) is 5.93. The molecule has 3 N–H and O–H groups in total. The average molecular weight is 417 g/mol. The molecule has 0 saturated carbocycles. The molecule has 1 aliphatic carbocycles. The minimum absolute atomic E-state index is 0.144. The zero-order chi connectivity index (χ0) is 21.4. The smallest absolute Gasteiger partial charge is 0.239 e. The first-order chi connectivity index (χ1) is 14.3. The van der Waals surface area contributed by atoms with Gasteiger partial charge < -0.3 is 20.6 Å². The van der Waals surface area contributed by atoms with Crippen molar-refractivity contribution in [2.75, 3.05) is 31.1 Å². The second-order valence-corrected chi connectivity index (χ2v) is 8.02. The minimum atomic E-state index is -0.947. The van der Waals surface area contributed by atoms with E-state index in [9.17, 15) is 18.7 Å².